The normalized spacial score (nSPS) is 24.5. The lowest BCUT2D eigenvalue weighted by Gasteiger charge is -2.31. The fraction of sp³-hybridized carbons (Fsp3) is 0.500. The number of ether oxygens (including phenoxy) is 2. The maximum atomic E-state index is 12.3. The van der Waals surface area contributed by atoms with Gasteiger partial charge in [0, 0.05) is 30.9 Å². The number of benzene rings is 1. The van der Waals surface area contributed by atoms with Crippen LogP contribution in [0.1, 0.15) is 51.5 Å². The van der Waals surface area contributed by atoms with Gasteiger partial charge in [-0.05, 0) is 44.4 Å². The lowest BCUT2D eigenvalue weighted by Crippen LogP contribution is -2.39. The molecule has 0 radical (unpaired) electrons. The van der Waals surface area contributed by atoms with E-state index in [-0.39, 0.29) is 17.7 Å². The van der Waals surface area contributed by atoms with Crippen molar-refractivity contribution in [1.29, 1.82) is 0 Å². The van der Waals surface area contributed by atoms with Gasteiger partial charge in [0.05, 0.1) is 18.6 Å². The molecule has 1 atom stereocenters. The zero-order valence-corrected chi connectivity index (χ0v) is 14.6. The highest BCUT2D eigenvalue weighted by atomic mass is 16.5. The Balaban J connectivity index is 1.91. The molecule has 0 amide bonds. The van der Waals surface area contributed by atoms with E-state index in [0.29, 0.717) is 25.7 Å². The van der Waals surface area contributed by atoms with Crippen LogP contribution in [0.3, 0.4) is 0 Å². The SMILES string of the molecule is COc1ccc2c(c1)OC(C)C/C2=C\CC1(C)C(=O)CCCC1=O. The molecule has 4 nitrogen and oxygen atoms in total. The Hall–Kier alpha value is -2.10. The molecule has 0 spiro atoms. The van der Waals surface area contributed by atoms with Crippen molar-refractivity contribution in [3.8, 4) is 11.5 Å². The maximum absolute atomic E-state index is 12.3. The first kappa shape index (κ1) is 16.7. The van der Waals surface area contributed by atoms with E-state index < -0.39 is 5.41 Å². The number of allylic oxidation sites excluding steroid dienone is 1. The number of carbonyl (C=O) groups is 2. The largest absolute Gasteiger partial charge is 0.497 e. The average molecular weight is 328 g/mol. The number of fused-ring (bicyclic) bond motifs is 1. The van der Waals surface area contributed by atoms with Crippen LogP contribution < -0.4 is 9.47 Å². The molecule has 0 bridgehead atoms. The Morgan fingerprint density at radius 1 is 1.29 bits per heavy atom. The Labute approximate surface area is 142 Å². The van der Waals surface area contributed by atoms with Crippen LogP contribution in [0.4, 0.5) is 0 Å². The fourth-order valence-electron chi connectivity index (χ4n) is 3.54. The van der Waals surface area contributed by atoms with E-state index in [0.717, 1.165) is 29.1 Å². The summed E-state index contributed by atoms with van der Waals surface area (Å²) in [5.41, 5.74) is 1.30. The molecule has 0 saturated heterocycles. The highest BCUT2D eigenvalue weighted by molar-refractivity contribution is 6.08. The predicted octanol–water partition coefficient (Wildman–Crippen LogP) is 3.97. The van der Waals surface area contributed by atoms with Crippen molar-refractivity contribution in [2.24, 2.45) is 5.41 Å². The molecule has 3 rings (SSSR count). The molecule has 128 valence electrons. The summed E-state index contributed by atoms with van der Waals surface area (Å²) in [5.74, 6) is 1.70. The van der Waals surface area contributed by atoms with E-state index >= 15 is 0 Å². The molecule has 1 saturated carbocycles. The first-order valence-electron chi connectivity index (χ1n) is 8.55. The second-order valence-electron chi connectivity index (χ2n) is 6.96. The molecule has 1 aromatic rings. The molecular weight excluding hydrogens is 304 g/mol. The Morgan fingerprint density at radius 2 is 2.00 bits per heavy atom. The molecule has 4 heteroatoms. The molecule has 0 aromatic heterocycles. The van der Waals surface area contributed by atoms with Crippen molar-refractivity contribution in [1.82, 2.24) is 0 Å². The first-order chi connectivity index (χ1) is 11.4. The van der Waals surface area contributed by atoms with Crippen molar-refractivity contribution >= 4 is 17.1 Å². The lowest BCUT2D eigenvalue weighted by molar-refractivity contribution is -0.142. The van der Waals surface area contributed by atoms with Gasteiger partial charge >= 0.3 is 0 Å². The van der Waals surface area contributed by atoms with Gasteiger partial charge in [-0.1, -0.05) is 6.08 Å². The topological polar surface area (TPSA) is 52.6 Å². The van der Waals surface area contributed by atoms with Crippen LogP contribution in [0.5, 0.6) is 11.5 Å². The summed E-state index contributed by atoms with van der Waals surface area (Å²) < 4.78 is 11.2. The summed E-state index contributed by atoms with van der Waals surface area (Å²) in [5, 5.41) is 0. The third-order valence-electron chi connectivity index (χ3n) is 5.17. The molecule has 2 aliphatic rings. The quantitative estimate of drug-likeness (QED) is 0.788. The minimum absolute atomic E-state index is 0.0569. The van der Waals surface area contributed by atoms with Crippen LogP contribution >= 0.6 is 0 Å². The number of rotatable bonds is 3. The molecule has 1 fully saturated rings. The monoisotopic (exact) mass is 328 g/mol. The zero-order chi connectivity index (χ0) is 17.3. The predicted molar refractivity (Wildman–Crippen MR) is 92.3 cm³/mol. The van der Waals surface area contributed by atoms with E-state index in [1.807, 2.05) is 25.1 Å². The minimum Gasteiger partial charge on any atom is -0.497 e. The Bertz CT molecular complexity index is 686. The summed E-state index contributed by atoms with van der Waals surface area (Å²) >= 11 is 0. The standard InChI is InChI=1S/C20H24O4/c1-13-11-14(16-8-7-15(23-3)12-17(16)24-13)9-10-20(2)18(21)5-4-6-19(20)22/h7-9,12-13H,4-6,10-11H2,1-3H3/b14-9+. The molecular formula is C20H24O4. The summed E-state index contributed by atoms with van der Waals surface area (Å²) in [7, 11) is 1.63. The van der Waals surface area contributed by atoms with E-state index in [9.17, 15) is 9.59 Å². The van der Waals surface area contributed by atoms with Gasteiger partial charge in [-0.3, -0.25) is 9.59 Å². The van der Waals surface area contributed by atoms with Gasteiger partial charge in [0.15, 0.2) is 0 Å². The number of carbonyl (C=O) groups excluding carboxylic acids is 2. The average Bonchev–Trinajstić information content (AvgIpc) is 2.57. The van der Waals surface area contributed by atoms with Crippen LogP contribution in [0.15, 0.2) is 24.3 Å². The Morgan fingerprint density at radius 3 is 2.67 bits per heavy atom. The van der Waals surface area contributed by atoms with Crippen LogP contribution in [0.25, 0.3) is 5.57 Å². The molecule has 1 aliphatic heterocycles. The number of hydrogen-bond acceptors (Lipinski definition) is 4. The molecule has 1 unspecified atom stereocenters. The minimum atomic E-state index is -0.862. The molecule has 0 N–H and O–H groups in total. The van der Waals surface area contributed by atoms with Crippen molar-refractivity contribution < 1.29 is 19.1 Å². The highest BCUT2D eigenvalue weighted by Gasteiger charge is 2.41. The van der Waals surface area contributed by atoms with Gasteiger partial charge < -0.3 is 9.47 Å². The van der Waals surface area contributed by atoms with Gasteiger partial charge in [-0.2, -0.15) is 0 Å². The van der Waals surface area contributed by atoms with E-state index in [1.54, 1.807) is 14.0 Å². The fourth-order valence-corrected chi connectivity index (χ4v) is 3.54. The van der Waals surface area contributed by atoms with E-state index in [1.165, 1.54) is 0 Å². The second kappa shape index (κ2) is 6.42. The molecule has 1 aromatic carbocycles. The highest BCUT2D eigenvalue weighted by Crippen LogP contribution is 2.40. The zero-order valence-electron chi connectivity index (χ0n) is 14.6. The van der Waals surface area contributed by atoms with Gasteiger partial charge in [-0.15, -0.1) is 0 Å². The van der Waals surface area contributed by atoms with Gasteiger partial charge in [0.2, 0.25) is 0 Å². The first-order valence-corrected chi connectivity index (χ1v) is 8.55. The van der Waals surface area contributed by atoms with Crippen molar-refractivity contribution in [2.75, 3.05) is 7.11 Å². The van der Waals surface area contributed by atoms with Crippen molar-refractivity contribution in [2.45, 2.75) is 52.1 Å². The van der Waals surface area contributed by atoms with Crippen molar-refractivity contribution in [3.63, 3.8) is 0 Å². The summed E-state index contributed by atoms with van der Waals surface area (Å²) in [6.45, 7) is 3.82. The molecule has 1 heterocycles. The van der Waals surface area contributed by atoms with Crippen LogP contribution in [-0.2, 0) is 9.59 Å². The summed E-state index contributed by atoms with van der Waals surface area (Å²) in [6, 6.07) is 5.78. The number of ketones is 2. The molecule has 1 aliphatic carbocycles. The van der Waals surface area contributed by atoms with E-state index in [2.05, 4.69) is 6.08 Å². The third-order valence-corrected chi connectivity index (χ3v) is 5.17. The summed E-state index contributed by atoms with van der Waals surface area (Å²) in [4.78, 5) is 24.6. The number of Topliss-reactive ketones (excluding diaryl/α,β-unsaturated/α-hetero) is 2. The van der Waals surface area contributed by atoms with Gasteiger partial charge in [0.25, 0.3) is 0 Å². The number of hydrogen-bond donors (Lipinski definition) is 0. The van der Waals surface area contributed by atoms with Crippen molar-refractivity contribution in [3.05, 3.63) is 29.8 Å². The second-order valence-corrected chi connectivity index (χ2v) is 6.96. The lowest BCUT2D eigenvalue weighted by atomic mass is 9.71. The molecule has 24 heavy (non-hydrogen) atoms. The number of methoxy groups -OCH3 is 1. The Kier molecular flexibility index (Phi) is 4.48. The van der Waals surface area contributed by atoms with Crippen LogP contribution in [-0.4, -0.2) is 24.8 Å². The smallest absolute Gasteiger partial charge is 0.146 e. The van der Waals surface area contributed by atoms with Gasteiger partial charge in [-0.25, -0.2) is 0 Å². The maximum Gasteiger partial charge on any atom is 0.146 e. The third kappa shape index (κ3) is 2.97. The van der Waals surface area contributed by atoms with E-state index in [4.69, 9.17) is 9.47 Å². The van der Waals surface area contributed by atoms with Gasteiger partial charge in [0.1, 0.15) is 23.1 Å². The van der Waals surface area contributed by atoms with Crippen LogP contribution in [0, 0.1) is 5.41 Å². The summed E-state index contributed by atoms with van der Waals surface area (Å²) in [6.07, 6.45) is 5.08. The van der Waals surface area contributed by atoms with Crippen LogP contribution in [0.2, 0.25) is 0 Å².